The van der Waals surface area contributed by atoms with E-state index < -0.39 is 11.9 Å². The molecular formula is C18H14ClN3O4. The number of carbonyl (C=O) groups excluding carboxylic acids is 2. The smallest absolute Gasteiger partial charge is 0.337 e. The van der Waals surface area contributed by atoms with Crippen LogP contribution in [0.1, 0.15) is 10.4 Å². The van der Waals surface area contributed by atoms with E-state index >= 15 is 0 Å². The number of halogens is 1. The molecule has 0 spiro atoms. The lowest BCUT2D eigenvalue weighted by molar-refractivity contribution is -0.116. The van der Waals surface area contributed by atoms with E-state index in [1.807, 2.05) is 0 Å². The van der Waals surface area contributed by atoms with Gasteiger partial charge in [0.2, 0.25) is 11.3 Å². The second-order valence-electron chi connectivity index (χ2n) is 5.42. The number of aromatic nitrogens is 2. The zero-order valence-corrected chi connectivity index (χ0v) is 14.5. The maximum Gasteiger partial charge on any atom is 0.337 e. The van der Waals surface area contributed by atoms with Crippen LogP contribution >= 0.6 is 11.6 Å². The molecular weight excluding hydrogens is 358 g/mol. The van der Waals surface area contributed by atoms with Gasteiger partial charge in [-0.25, -0.2) is 4.79 Å². The lowest BCUT2D eigenvalue weighted by Crippen LogP contribution is -2.22. The van der Waals surface area contributed by atoms with E-state index in [1.165, 1.54) is 36.2 Å². The molecule has 1 N–H and O–H groups in total. The van der Waals surface area contributed by atoms with Crippen LogP contribution < -0.4 is 10.7 Å². The van der Waals surface area contributed by atoms with Crippen LogP contribution in [-0.4, -0.2) is 28.8 Å². The monoisotopic (exact) mass is 371 g/mol. The van der Waals surface area contributed by atoms with Gasteiger partial charge in [0, 0.05) is 5.39 Å². The first-order valence-electron chi connectivity index (χ1n) is 7.62. The fraction of sp³-hybridized carbons (Fsp3) is 0.111. The first-order valence-corrected chi connectivity index (χ1v) is 8.00. The van der Waals surface area contributed by atoms with E-state index in [9.17, 15) is 14.4 Å². The third-order valence-electron chi connectivity index (χ3n) is 3.72. The number of para-hydroxylation sites is 1. The van der Waals surface area contributed by atoms with E-state index in [4.69, 9.17) is 11.6 Å². The number of nitrogens with zero attached hydrogens (tertiary/aromatic N) is 2. The summed E-state index contributed by atoms with van der Waals surface area (Å²) in [6.45, 7) is -0.125. The van der Waals surface area contributed by atoms with Gasteiger partial charge in [0.25, 0.3) is 0 Å². The summed E-state index contributed by atoms with van der Waals surface area (Å²) in [5, 5.41) is 7.40. The number of benzene rings is 2. The Morgan fingerprint density at radius 2 is 2.00 bits per heavy atom. The average Bonchev–Trinajstić information content (AvgIpc) is 2.65. The molecule has 0 radical (unpaired) electrons. The van der Waals surface area contributed by atoms with Crippen molar-refractivity contribution in [3.63, 3.8) is 0 Å². The van der Waals surface area contributed by atoms with E-state index in [1.54, 1.807) is 24.3 Å². The highest BCUT2D eigenvalue weighted by Gasteiger charge is 2.13. The lowest BCUT2D eigenvalue weighted by atomic mass is 10.2. The van der Waals surface area contributed by atoms with Gasteiger partial charge >= 0.3 is 5.97 Å². The van der Waals surface area contributed by atoms with Gasteiger partial charge < -0.3 is 10.1 Å². The molecule has 1 aromatic heterocycles. The van der Waals surface area contributed by atoms with Crippen molar-refractivity contribution in [2.45, 2.75) is 6.54 Å². The number of anilines is 1. The fourth-order valence-corrected chi connectivity index (χ4v) is 2.64. The van der Waals surface area contributed by atoms with Crippen molar-refractivity contribution in [3.05, 3.63) is 69.5 Å². The first kappa shape index (κ1) is 17.6. The summed E-state index contributed by atoms with van der Waals surface area (Å²) in [7, 11) is 1.27. The maximum absolute atomic E-state index is 12.4. The first-order chi connectivity index (χ1) is 12.5. The number of methoxy groups -OCH3 is 1. The molecule has 0 aliphatic carbocycles. The van der Waals surface area contributed by atoms with Crippen molar-refractivity contribution >= 4 is 40.1 Å². The minimum Gasteiger partial charge on any atom is -0.465 e. The van der Waals surface area contributed by atoms with E-state index in [2.05, 4.69) is 15.2 Å². The van der Waals surface area contributed by atoms with Crippen LogP contribution in [0.2, 0.25) is 5.02 Å². The molecule has 26 heavy (non-hydrogen) atoms. The van der Waals surface area contributed by atoms with Gasteiger partial charge in [-0.15, -0.1) is 0 Å². The zero-order chi connectivity index (χ0) is 18.7. The van der Waals surface area contributed by atoms with Crippen molar-refractivity contribution in [1.82, 2.24) is 9.78 Å². The standard InChI is InChI=1S/C18H14ClN3O4/c1-26-18(25)11-6-7-13(19)14(8-11)21-17(24)10-22-15-5-3-2-4-12(15)16(23)9-20-22/h2-9H,10H2,1H3,(H,21,24). The highest BCUT2D eigenvalue weighted by atomic mass is 35.5. The molecule has 7 nitrogen and oxygen atoms in total. The Hall–Kier alpha value is -3.19. The van der Waals surface area contributed by atoms with Gasteiger partial charge in [-0.3, -0.25) is 14.3 Å². The van der Waals surface area contributed by atoms with Crippen LogP contribution in [0, 0.1) is 0 Å². The summed E-state index contributed by atoms with van der Waals surface area (Å²) in [4.78, 5) is 35.8. The Kier molecular flexibility index (Phi) is 4.99. The van der Waals surface area contributed by atoms with Gasteiger partial charge in [0.15, 0.2) is 0 Å². The van der Waals surface area contributed by atoms with Gasteiger partial charge in [-0.1, -0.05) is 23.7 Å². The SMILES string of the molecule is COC(=O)c1ccc(Cl)c(NC(=O)Cn2ncc(=O)c3ccccc32)c1. The summed E-state index contributed by atoms with van der Waals surface area (Å²) in [6, 6.07) is 11.3. The molecule has 0 unspecified atom stereocenters. The maximum atomic E-state index is 12.4. The number of amides is 1. The number of hydrogen-bond acceptors (Lipinski definition) is 5. The van der Waals surface area contributed by atoms with Crippen LogP contribution in [0.5, 0.6) is 0 Å². The van der Waals surface area contributed by atoms with E-state index in [0.29, 0.717) is 10.9 Å². The van der Waals surface area contributed by atoms with Crippen molar-refractivity contribution < 1.29 is 14.3 Å². The molecule has 2 aromatic carbocycles. The molecule has 0 atom stereocenters. The molecule has 1 heterocycles. The average molecular weight is 372 g/mol. The zero-order valence-electron chi connectivity index (χ0n) is 13.7. The van der Waals surface area contributed by atoms with Crippen molar-refractivity contribution in [2.75, 3.05) is 12.4 Å². The van der Waals surface area contributed by atoms with Crippen LogP contribution in [0.3, 0.4) is 0 Å². The number of hydrogen-bond donors (Lipinski definition) is 1. The number of esters is 1. The van der Waals surface area contributed by atoms with Crippen LogP contribution in [0.25, 0.3) is 10.9 Å². The highest BCUT2D eigenvalue weighted by Crippen LogP contribution is 2.23. The second kappa shape index (κ2) is 7.37. The molecule has 3 aromatic rings. The Labute approximate surface area is 153 Å². The minimum absolute atomic E-state index is 0.125. The number of fused-ring (bicyclic) bond motifs is 1. The van der Waals surface area contributed by atoms with Gasteiger partial charge in [0.05, 0.1) is 35.1 Å². The Morgan fingerprint density at radius 3 is 2.77 bits per heavy atom. The number of nitrogens with one attached hydrogen (secondary N) is 1. The Balaban J connectivity index is 1.85. The topological polar surface area (TPSA) is 90.3 Å². The summed E-state index contributed by atoms with van der Waals surface area (Å²) in [6.07, 6.45) is 1.17. The highest BCUT2D eigenvalue weighted by molar-refractivity contribution is 6.33. The van der Waals surface area contributed by atoms with Crippen LogP contribution in [0.15, 0.2) is 53.5 Å². The van der Waals surface area contributed by atoms with Gasteiger partial charge in [-0.05, 0) is 30.3 Å². The molecule has 0 bridgehead atoms. The third-order valence-corrected chi connectivity index (χ3v) is 4.05. The largest absolute Gasteiger partial charge is 0.465 e. The van der Waals surface area contributed by atoms with E-state index in [0.717, 1.165) is 0 Å². The molecule has 0 aliphatic heterocycles. The number of carbonyl (C=O) groups is 2. The van der Waals surface area contributed by atoms with Crippen molar-refractivity contribution in [1.29, 1.82) is 0 Å². The molecule has 3 rings (SSSR count). The molecule has 0 saturated carbocycles. The quantitative estimate of drug-likeness (QED) is 0.711. The second-order valence-corrected chi connectivity index (χ2v) is 5.83. The minimum atomic E-state index is -0.537. The summed E-state index contributed by atoms with van der Waals surface area (Å²) in [5.74, 6) is -0.944. The molecule has 0 fully saturated rings. The molecule has 0 aliphatic rings. The molecule has 132 valence electrons. The van der Waals surface area contributed by atoms with Gasteiger partial charge in [0.1, 0.15) is 6.54 Å². The van der Waals surface area contributed by atoms with Crippen LogP contribution in [0.4, 0.5) is 5.69 Å². The Morgan fingerprint density at radius 1 is 1.23 bits per heavy atom. The molecule has 0 saturated heterocycles. The predicted octanol–water partition coefficient (Wildman–Crippen LogP) is 2.48. The number of rotatable bonds is 4. The summed E-state index contributed by atoms with van der Waals surface area (Å²) >= 11 is 6.08. The van der Waals surface area contributed by atoms with Crippen LogP contribution in [-0.2, 0) is 16.1 Å². The van der Waals surface area contributed by atoms with Crippen molar-refractivity contribution in [2.24, 2.45) is 0 Å². The van der Waals surface area contributed by atoms with E-state index in [-0.39, 0.29) is 28.2 Å². The van der Waals surface area contributed by atoms with Crippen molar-refractivity contribution in [3.8, 4) is 0 Å². The summed E-state index contributed by atoms with van der Waals surface area (Å²) < 4.78 is 6.07. The molecule has 8 heteroatoms. The fourth-order valence-electron chi connectivity index (χ4n) is 2.48. The Bertz CT molecular complexity index is 1060. The van der Waals surface area contributed by atoms with Gasteiger partial charge in [-0.2, -0.15) is 5.10 Å². The normalized spacial score (nSPS) is 10.5. The predicted molar refractivity (Wildman–Crippen MR) is 97.4 cm³/mol. The lowest BCUT2D eigenvalue weighted by Gasteiger charge is -2.11. The summed E-state index contributed by atoms with van der Waals surface area (Å²) in [5.41, 5.74) is 0.875. The third kappa shape index (κ3) is 3.57. The molecule has 1 amide bonds. The number of ether oxygens (including phenoxy) is 1.